The van der Waals surface area contributed by atoms with Gasteiger partial charge in [0.1, 0.15) is 10.7 Å². The molecule has 4 heterocycles. The van der Waals surface area contributed by atoms with E-state index in [1.165, 1.54) is 23.1 Å². The molecule has 2 aromatic carbocycles. The summed E-state index contributed by atoms with van der Waals surface area (Å²) in [6.45, 7) is 2.08. The Morgan fingerprint density at radius 2 is 1.91 bits per heavy atom. The van der Waals surface area contributed by atoms with Crippen LogP contribution in [0.15, 0.2) is 69.9 Å². The van der Waals surface area contributed by atoms with Crippen molar-refractivity contribution in [3.05, 3.63) is 86.7 Å². The zero-order valence-corrected chi connectivity index (χ0v) is 19.8. The fourth-order valence-electron chi connectivity index (χ4n) is 4.04. The molecule has 0 spiro atoms. The summed E-state index contributed by atoms with van der Waals surface area (Å²) < 4.78 is 2.05. The fourth-order valence-corrected chi connectivity index (χ4v) is 6.06. The van der Waals surface area contributed by atoms with Crippen LogP contribution in [0.1, 0.15) is 11.4 Å². The number of aryl methyl sites for hydroxylation is 1. The molecule has 0 radical (unpaired) electrons. The van der Waals surface area contributed by atoms with Crippen molar-refractivity contribution in [1.82, 2.24) is 24.6 Å². The largest absolute Gasteiger partial charge is 0.309 e. The van der Waals surface area contributed by atoms with Crippen molar-refractivity contribution in [2.45, 2.75) is 17.8 Å². The summed E-state index contributed by atoms with van der Waals surface area (Å²) in [5.74, 6) is 1.06. The van der Waals surface area contributed by atoms with E-state index < -0.39 is 0 Å². The Kier molecular flexibility index (Phi) is 4.94. The van der Waals surface area contributed by atoms with Gasteiger partial charge in [0.05, 0.1) is 16.7 Å². The van der Waals surface area contributed by atoms with Crippen LogP contribution < -0.4 is 5.56 Å². The van der Waals surface area contributed by atoms with Gasteiger partial charge in [0, 0.05) is 26.9 Å². The Bertz CT molecular complexity index is 1740. The number of nitrogens with zero attached hydrogens (tertiary/aromatic N) is 4. The number of benzene rings is 2. The first-order valence-corrected chi connectivity index (χ1v) is 12.5. The number of H-pyrrole nitrogens is 1. The predicted molar refractivity (Wildman–Crippen MR) is 135 cm³/mol. The molecule has 6 nitrogen and oxygen atoms in total. The quantitative estimate of drug-likeness (QED) is 0.303. The lowest BCUT2D eigenvalue weighted by Crippen LogP contribution is -2.10. The maximum Gasteiger partial charge on any atom is 0.260 e. The molecule has 162 valence electrons. The van der Waals surface area contributed by atoms with Crippen molar-refractivity contribution in [2.75, 3.05) is 0 Å². The molecule has 6 rings (SSSR count). The summed E-state index contributed by atoms with van der Waals surface area (Å²) >= 11 is 9.30. The van der Waals surface area contributed by atoms with Gasteiger partial charge in [-0.15, -0.1) is 21.5 Å². The number of halogens is 1. The number of thioether (sulfide) groups is 1. The van der Waals surface area contributed by atoms with E-state index in [4.69, 9.17) is 16.6 Å². The number of aromatic amines is 1. The Balaban J connectivity index is 1.37. The van der Waals surface area contributed by atoms with Crippen LogP contribution in [0.25, 0.3) is 37.9 Å². The highest BCUT2D eigenvalue weighted by Gasteiger charge is 2.16. The first kappa shape index (κ1) is 20.4. The minimum Gasteiger partial charge on any atom is -0.309 e. The lowest BCUT2D eigenvalue weighted by Gasteiger charge is -2.07. The molecule has 0 atom stereocenters. The highest BCUT2D eigenvalue weighted by molar-refractivity contribution is 7.98. The van der Waals surface area contributed by atoms with Crippen molar-refractivity contribution in [3.8, 4) is 11.1 Å². The summed E-state index contributed by atoms with van der Waals surface area (Å²) in [6, 6.07) is 17.7. The molecule has 0 aliphatic rings. The fraction of sp³-hybridized carbons (Fsp3) is 0.0833. The highest BCUT2D eigenvalue weighted by atomic mass is 35.5. The van der Waals surface area contributed by atoms with Crippen LogP contribution in [-0.4, -0.2) is 24.6 Å². The summed E-state index contributed by atoms with van der Waals surface area (Å²) in [5.41, 5.74) is 4.48. The van der Waals surface area contributed by atoms with Gasteiger partial charge in [0.15, 0.2) is 10.8 Å². The van der Waals surface area contributed by atoms with E-state index in [-0.39, 0.29) is 5.56 Å². The van der Waals surface area contributed by atoms with Crippen molar-refractivity contribution in [1.29, 1.82) is 0 Å². The number of rotatable bonds is 4. The van der Waals surface area contributed by atoms with Crippen LogP contribution >= 0.6 is 34.7 Å². The molecule has 0 bridgehead atoms. The molecule has 9 heteroatoms. The summed E-state index contributed by atoms with van der Waals surface area (Å²) in [7, 11) is 0. The number of para-hydroxylation sites is 1. The minimum absolute atomic E-state index is 0.168. The molecule has 0 amide bonds. The molecule has 4 aromatic heterocycles. The van der Waals surface area contributed by atoms with E-state index in [0.29, 0.717) is 26.8 Å². The Hall–Kier alpha value is -3.20. The molecule has 6 aromatic rings. The Morgan fingerprint density at radius 1 is 1.09 bits per heavy atom. The number of pyridine rings is 1. The second kappa shape index (κ2) is 7.98. The van der Waals surface area contributed by atoms with Crippen molar-refractivity contribution in [3.63, 3.8) is 0 Å². The number of fused-ring (bicyclic) bond motifs is 4. The van der Waals surface area contributed by atoms with E-state index in [9.17, 15) is 4.79 Å². The SMILES string of the molecule is Cc1cc2nnc(SCc3nc4scc(-c5ccccc5Cl)c4c(=O)[nH]3)n2c2ccccc12. The smallest absolute Gasteiger partial charge is 0.260 e. The lowest BCUT2D eigenvalue weighted by atomic mass is 10.1. The van der Waals surface area contributed by atoms with E-state index in [2.05, 4.69) is 34.2 Å². The molecular formula is C24H16ClN5OS2. The van der Waals surface area contributed by atoms with Gasteiger partial charge in [-0.2, -0.15) is 0 Å². The highest BCUT2D eigenvalue weighted by Crippen LogP contribution is 2.35. The number of hydrogen-bond donors (Lipinski definition) is 1. The van der Waals surface area contributed by atoms with Gasteiger partial charge in [-0.25, -0.2) is 4.98 Å². The van der Waals surface area contributed by atoms with Crippen molar-refractivity contribution in [2.24, 2.45) is 0 Å². The summed E-state index contributed by atoms with van der Waals surface area (Å²) in [6.07, 6.45) is 0. The third-order valence-corrected chi connectivity index (χ3v) is 7.71. The molecule has 0 saturated carbocycles. The number of aromatic nitrogens is 5. The normalized spacial score (nSPS) is 11.7. The second-order valence-electron chi connectivity index (χ2n) is 7.63. The average Bonchev–Trinajstić information content (AvgIpc) is 3.43. The van der Waals surface area contributed by atoms with Gasteiger partial charge in [0.2, 0.25) is 0 Å². The molecule has 0 aliphatic carbocycles. The van der Waals surface area contributed by atoms with E-state index >= 15 is 0 Å². The van der Waals surface area contributed by atoms with Crippen LogP contribution in [-0.2, 0) is 5.75 Å². The molecular weight excluding hydrogens is 474 g/mol. The maximum absolute atomic E-state index is 13.0. The van der Waals surface area contributed by atoms with E-state index in [0.717, 1.165) is 38.4 Å². The number of nitrogens with one attached hydrogen (secondary N) is 1. The van der Waals surface area contributed by atoms with Gasteiger partial charge < -0.3 is 4.98 Å². The molecule has 0 fully saturated rings. The lowest BCUT2D eigenvalue weighted by molar-refractivity contribution is 0.935. The number of hydrogen-bond acceptors (Lipinski definition) is 6. The standard InChI is InChI=1S/C24H16ClN5OS2/c1-13-10-20-28-29-24(30(20)18-9-5-3-6-14(13)18)33-12-19-26-22(31)21-16(11-32-23(21)27-19)15-7-2-4-8-17(15)25/h2-11H,12H2,1H3,(H,26,27,31). The minimum atomic E-state index is -0.168. The number of thiophene rings is 1. The van der Waals surface area contributed by atoms with Crippen LogP contribution in [0.2, 0.25) is 5.02 Å². The monoisotopic (exact) mass is 489 g/mol. The zero-order chi connectivity index (χ0) is 22.5. The van der Waals surface area contributed by atoms with E-state index in [1.54, 1.807) is 0 Å². The third kappa shape index (κ3) is 3.42. The molecule has 0 aliphatic heterocycles. The van der Waals surface area contributed by atoms with Gasteiger partial charge >= 0.3 is 0 Å². The third-order valence-electron chi connectivity index (χ3n) is 5.57. The first-order chi connectivity index (χ1) is 16.1. The topological polar surface area (TPSA) is 75.9 Å². The van der Waals surface area contributed by atoms with Crippen LogP contribution in [0, 0.1) is 6.92 Å². The Morgan fingerprint density at radius 3 is 2.79 bits per heavy atom. The van der Waals surface area contributed by atoms with Gasteiger partial charge in [-0.1, -0.05) is 59.8 Å². The molecule has 1 N–H and O–H groups in total. The second-order valence-corrected chi connectivity index (χ2v) is 9.84. The van der Waals surface area contributed by atoms with Gasteiger partial charge in [-0.05, 0) is 30.7 Å². The average molecular weight is 490 g/mol. The van der Waals surface area contributed by atoms with Gasteiger partial charge in [0.25, 0.3) is 5.56 Å². The van der Waals surface area contributed by atoms with Crippen molar-refractivity contribution >= 4 is 61.5 Å². The van der Waals surface area contributed by atoms with Crippen LogP contribution in [0.5, 0.6) is 0 Å². The predicted octanol–water partition coefficient (Wildman–Crippen LogP) is 6.10. The maximum atomic E-state index is 13.0. The zero-order valence-electron chi connectivity index (χ0n) is 17.4. The summed E-state index contributed by atoms with van der Waals surface area (Å²) in [5, 5.41) is 13.8. The Labute approximate surface area is 201 Å². The first-order valence-electron chi connectivity index (χ1n) is 10.2. The van der Waals surface area contributed by atoms with Crippen molar-refractivity contribution < 1.29 is 0 Å². The molecule has 0 saturated heterocycles. The van der Waals surface area contributed by atoms with Crippen LogP contribution in [0.3, 0.4) is 0 Å². The summed E-state index contributed by atoms with van der Waals surface area (Å²) in [4.78, 5) is 21.3. The van der Waals surface area contributed by atoms with E-state index in [1.807, 2.05) is 52.2 Å². The van der Waals surface area contributed by atoms with Crippen LogP contribution in [0.4, 0.5) is 0 Å². The van der Waals surface area contributed by atoms with Gasteiger partial charge in [-0.3, -0.25) is 9.20 Å². The molecule has 33 heavy (non-hydrogen) atoms. The molecule has 0 unspecified atom stereocenters.